The maximum absolute atomic E-state index is 9.37. The molecule has 0 saturated carbocycles. The summed E-state index contributed by atoms with van der Waals surface area (Å²) >= 11 is 11.5. The maximum Gasteiger partial charge on any atom is 0.303 e. The molecular weight excluding hydrogens is 253 g/mol. The first-order valence-electron chi connectivity index (χ1n) is 4.42. The number of methoxy groups -OCH3 is 1. The molecule has 0 fully saturated rings. The Morgan fingerprint density at radius 3 is 2.06 bits per heavy atom. The first-order chi connectivity index (χ1) is 7.42. The van der Waals surface area contributed by atoms with Gasteiger partial charge in [-0.15, -0.1) is 0 Å². The SMILES string of the molecule is CCC(=O)O.COc1c(Cl)cc(N)cc1Cl. The van der Waals surface area contributed by atoms with Crippen LogP contribution in [0.2, 0.25) is 10.0 Å². The highest BCUT2D eigenvalue weighted by atomic mass is 35.5. The molecule has 0 aliphatic rings. The molecule has 0 spiro atoms. The first-order valence-corrected chi connectivity index (χ1v) is 5.18. The third-order valence-corrected chi connectivity index (χ3v) is 2.09. The van der Waals surface area contributed by atoms with Gasteiger partial charge >= 0.3 is 5.97 Å². The van der Waals surface area contributed by atoms with Gasteiger partial charge in [-0.1, -0.05) is 30.1 Å². The smallest absolute Gasteiger partial charge is 0.303 e. The fraction of sp³-hybridized carbons (Fsp3) is 0.300. The monoisotopic (exact) mass is 265 g/mol. The Balaban J connectivity index is 0.000000385. The molecule has 0 unspecified atom stereocenters. The van der Waals surface area contributed by atoms with Crippen LogP contribution in [-0.4, -0.2) is 18.2 Å². The van der Waals surface area contributed by atoms with Crippen LogP contribution in [-0.2, 0) is 4.79 Å². The van der Waals surface area contributed by atoms with Gasteiger partial charge in [0.15, 0.2) is 5.75 Å². The number of carboxylic acid groups (broad SMARTS) is 1. The largest absolute Gasteiger partial charge is 0.494 e. The number of ether oxygens (including phenoxy) is 1. The van der Waals surface area contributed by atoms with E-state index >= 15 is 0 Å². The molecule has 0 atom stereocenters. The number of benzene rings is 1. The number of hydrogen-bond donors (Lipinski definition) is 2. The molecule has 0 aliphatic carbocycles. The predicted molar refractivity (Wildman–Crippen MR) is 65.4 cm³/mol. The molecule has 6 heteroatoms. The molecule has 0 saturated heterocycles. The lowest BCUT2D eigenvalue weighted by Crippen LogP contribution is -1.89. The van der Waals surface area contributed by atoms with Gasteiger partial charge in [-0.25, -0.2) is 0 Å². The van der Waals surface area contributed by atoms with Gasteiger partial charge in [-0.05, 0) is 12.1 Å². The topological polar surface area (TPSA) is 72.5 Å². The minimum absolute atomic E-state index is 0.222. The number of carbonyl (C=O) groups is 1. The summed E-state index contributed by atoms with van der Waals surface area (Å²) in [5.41, 5.74) is 5.99. The molecule has 3 N–H and O–H groups in total. The highest BCUT2D eigenvalue weighted by Gasteiger charge is 2.05. The van der Waals surface area contributed by atoms with E-state index in [2.05, 4.69) is 0 Å². The Kier molecular flexibility index (Phi) is 6.69. The van der Waals surface area contributed by atoms with Crippen molar-refractivity contribution >= 4 is 34.9 Å². The van der Waals surface area contributed by atoms with E-state index in [-0.39, 0.29) is 6.42 Å². The summed E-state index contributed by atoms with van der Waals surface area (Å²) in [6, 6.07) is 3.18. The van der Waals surface area contributed by atoms with E-state index < -0.39 is 5.97 Å². The van der Waals surface area contributed by atoms with E-state index in [0.29, 0.717) is 21.5 Å². The lowest BCUT2D eigenvalue weighted by molar-refractivity contribution is -0.136. The highest BCUT2D eigenvalue weighted by molar-refractivity contribution is 6.37. The van der Waals surface area contributed by atoms with Crippen molar-refractivity contribution in [3.05, 3.63) is 22.2 Å². The lowest BCUT2D eigenvalue weighted by Gasteiger charge is -2.05. The van der Waals surface area contributed by atoms with Gasteiger partial charge in [0.25, 0.3) is 0 Å². The van der Waals surface area contributed by atoms with E-state index in [9.17, 15) is 4.79 Å². The van der Waals surface area contributed by atoms with Gasteiger partial charge < -0.3 is 15.6 Å². The van der Waals surface area contributed by atoms with Gasteiger partial charge in [0, 0.05) is 12.1 Å². The minimum atomic E-state index is -0.745. The zero-order valence-electron chi connectivity index (χ0n) is 8.96. The summed E-state index contributed by atoms with van der Waals surface area (Å²) in [6.45, 7) is 1.60. The molecule has 0 aromatic heterocycles. The third-order valence-electron chi connectivity index (χ3n) is 1.53. The van der Waals surface area contributed by atoms with Crippen molar-refractivity contribution in [1.29, 1.82) is 0 Å². The molecule has 1 aromatic rings. The standard InChI is InChI=1S/C7H7Cl2NO.C3H6O2/c1-11-7-5(8)2-4(10)3-6(7)9;1-2-3(4)5/h2-3H,10H2,1H3;2H2,1H3,(H,4,5). The number of hydrogen-bond acceptors (Lipinski definition) is 3. The lowest BCUT2D eigenvalue weighted by atomic mass is 10.3. The number of anilines is 1. The van der Waals surface area contributed by atoms with Crippen molar-refractivity contribution in [2.75, 3.05) is 12.8 Å². The van der Waals surface area contributed by atoms with E-state index in [1.54, 1.807) is 19.1 Å². The van der Waals surface area contributed by atoms with Gasteiger partial charge in [-0.3, -0.25) is 4.79 Å². The quantitative estimate of drug-likeness (QED) is 0.807. The van der Waals surface area contributed by atoms with Crippen molar-refractivity contribution in [2.24, 2.45) is 0 Å². The van der Waals surface area contributed by atoms with Crippen molar-refractivity contribution in [3.63, 3.8) is 0 Å². The molecule has 0 heterocycles. The summed E-state index contributed by atoms with van der Waals surface area (Å²) in [5, 5.41) is 8.58. The predicted octanol–water partition coefficient (Wildman–Crippen LogP) is 3.07. The van der Waals surface area contributed by atoms with Crippen molar-refractivity contribution in [2.45, 2.75) is 13.3 Å². The average molecular weight is 266 g/mol. The van der Waals surface area contributed by atoms with Gasteiger partial charge in [0.05, 0.1) is 17.2 Å². The summed E-state index contributed by atoms with van der Waals surface area (Å²) in [7, 11) is 1.50. The third kappa shape index (κ3) is 5.09. The summed E-state index contributed by atoms with van der Waals surface area (Å²) in [5.74, 6) is -0.285. The fourth-order valence-electron chi connectivity index (χ4n) is 0.774. The van der Waals surface area contributed by atoms with E-state index in [1.807, 2.05) is 0 Å². The second kappa shape index (κ2) is 7.19. The average Bonchev–Trinajstić information content (AvgIpc) is 2.17. The summed E-state index contributed by atoms with van der Waals surface area (Å²) in [6.07, 6.45) is 0.222. The van der Waals surface area contributed by atoms with E-state index in [4.69, 9.17) is 38.8 Å². The Labute approximate surface area is 104 Å². The Hall–Kier alpha value is -1.13. The second-order valence-electron chi connectivity index (χ2n) is 2.77. The number of rotatable bonds is 2. The Bertz CT molecular complexity index is 346. The normalized spacial score (nSPS) is 9.00. The molecule has 1 rings (SSSR count). The Morgan fingerprint density at radius 2 is 1.81 bits per heavy atom. The van der Waals surface area contributed by atoms with Crippen molar-refractivity contribution in [1.82, 2.24) is 0 Å². The van der Waals surface area contributed by atoms with Crippen LogP contribution in [0.15, 0.2) is 12.1 Å². The van der Waals surface area contributed by atoms with E-state index in [1.165, 1.54) is 7.11 Å². The molecular formula is C10H13Cl2NO3. The first kappa shape index (κ1) is 14.9. The van der Waals surface area contributed by atoms with E-state index in [0.717, 1.165) is 0 Å². The number of halogens is 2. The molecule has 0 bridgehead atoms. The molecule has 0 amide bonds. The van der Waals surface area contributed by atoms with Gasteiger partial charge in [0.2, 0.25) is 0 Å². The number of carboxylic acids is 1. The molecule has 90 valence electrons. The summed E-state index contributed by atoms with van der Waals surface area (Å²) in [4.78, 5) is 9.37. The van der Waals surface area contributed by atoms with Crippen LogP contribution in [0.1, 0.15) is 13.3 Å². The molecule has 4 nitrogen and oxygen atoms in total. The minimum Gasteiger partial charge on any atom is -0.494 e. The van der Waals surface area contributed by atoms with Gasteiger partial charge in [0.1, 0.15) is 0 Å². The van der Waals surface area contributed by atoms with Crippen molar-refractivity contribution in [3.8, 4) is 5.75 Å². The number of aliphatic carboxylic acids is 1. The molecule has 1 aromatic carbocycles. The zero-order chi connectivity index (χ0) is 12.7. The van der Waals surface area contributed by atoms with Crippen molar-refractivity contribution < 1.29 is 14.6 Å². The molecule has 0 radical (unpaired) electrons. The second-order valence-corrected chi connectivity index (χ2v) is 3.58. The fourth-order valence-corrected chi connectivity index (χ4v) is 1.43. The number of nitrogen functional groups attached to an aromatic ring is 1. The van der Waals surface area contributed by atoms with Crippen LogP contribution in [0.5, 0.6) is 5.75 Å². The highest BCUT2D eigenvalue weighted by Crippen LogP contribution is 2.34. The molecule has 0 aliphatic heterocycles. The van der Waals surface area contributed by atoms with Crippen LogP contribution in [0.25, 0.3) is 0 Å². The van der Waals surface area contributed by atoms with Crippen LogP contribution >= 0.6 is 23.2 Å². The Morgan fingerprint density at radius 1 is 1.44 bits per heavy atom. The van der Waals surface area contributed by atoms with Crippen LogP contribution in [0, 0.1) is 0 Å². The maximum atomic E-state index is 9.37. The number of nitrogens with two attached hydrogens (primary N) is 1. The van der Waals surface area contributed by atoms with Crippen LogP contribution in [0.4, 0.5) is 5.69 Å². The zero-order valence-corrected chi connectivity index (χ0v) is 10.5. The van der Waals surface area contributed by atoms with Crippen LogP contribution in [0.3, 0.4) is 0 Å². The molecule has 16 heavy (non-hydrogen) atoms. The van der Waals surface area contributed by atoms with Gasteiger partial charge in [-0.2, -0.15) is 0 Å². The van der Waals surface area contributed by atoms with Crippen LogP contribution < -0.4 is 10.5 Å². The summed E-state index contributed by atoms with van der Waals surface area (Å²) < 4.78 is 4.91.